The molecule has 1 nitrogen and oxygen atoms in total. The number of nitrogens with zero attached hydrogens (tertiary/aromatic N) is 1. The van der Waals surface area contributed by atoms with Crippen LogP contribution in [0.25, 0.3) is 43.9 Å². The molecule has 5 aromatic rings. The first-order valence-corrected chi connectivity index (χ1v) is 13.6. The molecule has 2 heterocycles. The van der Waals surface area contributed by atoms with Crippen LogP contribution in [0.1, 0.15) is 13.8 Å². The Morgan fingerprint density at radius 1 is 0.645 bits per heavy atom. The van der Waals surface area contributed by atoms with Crippen LogP contribution in [-0.2, 0) is 11.8 Å². The van der Waals surface area contributed by atoms with Crippen LogP contribution in [-0.4, -0.2) is 10.6 Å². The van der Waals surface area contributed by atoms with E-state index in [0.29, 0.717) is 5.66 Å². The van der Waals surface area contributed by atoms with E-state index in [9.17, 15) is 0 Å². The minimum Gasteiger partial charge on any atom is -0.256 e. The SMILES string of the molecule is CC(C)P1(=S)c2ccccc2-c2c(c3cccnc3c3ccccc23)-c2ccccc21. The first-order chi connectivity index (χ1) is 15.1. The standard InChI is InChI=1S/C28H22NPS/c1-18(2)30(31)24-15-7-5-12-21(24)26-19-10-3-4-11-20(19)28-23(14-9-17-29-28)27(26)22-13-6-8-16-25(22)30/h3-18H,1-2H3. The van der Waals surface area contributed by atoms with Crippen molar-refractivity contribution in [1.82, 2.24) is 4.98 Å². The Kier molecular flexibility index (Phi) is 4.18. The maximum absolute atomic E-state index is 6.66. The second-order valence-electron chi connectivity index (χ2n) is 8.48. The molecule has 3 heteroatoms. The number of aromatic nitrogens is 1. The number of hydrogen-bond acceptors (Lipinski definition) is 2. The van der Waals surface area contributed by atoms with Crippen molar-refractivity contribution in [1.29, 1.82) is 0 Å². The monoisotopic (exact) mass is 435 g/mol. The third-order valence-corrected chi connectivity index (χ3v) is 12.7. The molecule has 0 radical (unpaired) electrons. The predicted molar refractivity (Wildman–Crippen MR) is 139 cm³/mol. The third kappa shape index (κ3) is 2.50. The van der Waals surface area contributed by atoms with Crippen molar-refractivity contribution in [3.8, 4) is 22.3 Å². The summed E-state index contributed by atoms with van der Waals surface area (Å²) in [5, 5.41) is 6.30. The zero-order chi connectivity index (χ0) is 21.2. The largest absolute Gasteiger partial charge is 0.256 e. The molecule has 0 saturated carbocycles. The molecule has 0 amide bonds. The van der Waals surface area contributed by atoms with Gasteiger partial charge < -0.3 is 0 Å². The molecule has 0 N–H and O–H groups in total. The second kappa shape index (κ2) is 6.85. The number of hydrogen-bond donors (Lipinski definition) is 0. The summed E-state index contributed by atoms with van der Waals surface area (Å²) in [6.07, 6.45) is 1.90. The fraction of sp³-hybridized carbons (Fsp3) is 0.107. The summed E-state index contributed by atoms with van der Waals surface area (Å²) in [6.45, 7) is 4.59. The topological polar surface area (TPSA) is 12.9 Å². The Labute approximate surface area is 187 Å². The summed E-state index contributed by atoms with van der Waals surface area (Å²) in [6, 6.07) is 28.6. The molecule has 0 fully saturated rings. The molecule has 1 aliphatic heterocycles. The molecule has 1 unspecified atom stereocenters. The molecule has 4 aromatic carbocycles. The van der Waals surface area contributed by atoms with Crippen molar-refractivity contribution in [2.24, 2.45) is 0 Å². The number of fused-ring (bicyclic) bond motifs is 10. The minimum atomic E-state index is -2.03. The van der Waals surface area contributed by atoms with Gasteiger partial charge in [-0.1, -0.05) is 105 Å². The molecular formula is C28H22NPS. The van der Waals surface area contributed by atoms with Crippen molar-refractivity contribution >= 4 is 50.1 Å². The van der Waals surface area contributed by atoms with Crippen LogP contribution in [0.5, 0.6) is 0 Å². The molecular weight excluding hydrogens is 413 g/mol. The molecule has 0 spiro atoms. The zero-order valence-corrected chi connectivity index (χ0v) is 19.3. The Morgan fingerprint density at radius 2 is 1.16 bits per heavy atom. The van der Waals surface area contributed by atoms with E-state index in [0.717, 1.165) is 5.52 Å². The maximum Gasteiger partial charge on any atom is 0.0786 e. The molecule has 1 aliphatic rings. The molecule has 1 aromatic heterocycles. The first-order valence-electron chi connectivity index (χ1n) is 10.7. The van der Waals surface area contributed by atoms with Gasteiger partial charge in [0.05, 0.1) is 5.52 Å². The van der Waals surface area contributed by atoms with Crippen molar-refractivity contribution in [2.75, 3.05) is 0 Å². The lowest BCUT2D eigenvalue weighted by Gasteiger charge is -2.29. The fourth-order valence-electron chi connectivity index (χ4n) is 5.19. The fourth-order valence-corrected chi connectivity index (χ4v) is 9.22. The Balaban J connectivity index is 1.98. The molecule has 0 bridgehead atoms. The number of benzene rings is 4. The highest BCUT2D eigenvalue weighted by Crippen LogP contribution is 2.57. The normalized spacial score (nSPS) is 17.3. The number of pyridine rings is 1. The van der Waals surface area contributed by atoms with E-state index in [2.05, 4.69) is 98.8 Å². The first kappa shape index (κ1) is 18.9. The van der Waals surface area contributed by atoms with Crippen molar-refractivity contribution in [3.05, 3.63) is 91.1 Å². The van der Waals surface area contributed by atoms with Crippen LogP contribution in [0, 0.1) is 0 Å². The lowest BCUT2D eigenvalue weighted by molar-refractivity contribution is 1.10. The summed E-state index contributed by atoms with van der Waals surface area (Å²) in [5.41, 5.74) is 6.56. The summed E-state index contributed by atoms with van der Waals surface area (Å²) in [4.78, 5) is 4.83. The van der Waals surface area contributed by atoms with Crippen LogP contribution in [0.4, 0.5) is 0 Å². The quantitative estimate of drug-likeness (QED) is 0.210. The molecule has 1 atom stereocenters. The number of rotatable bonds is 1. The second-order valence-corrected chi connectivity index (χ2v) is 13.5. The minimum absolute atomic E-state index is 0.370. The lowest BCUT2D eigenvalue weighted by atomic mass is 9.86. The highest BCUT2D eigenvalue weighted by atomic mass is 32.4. The highest BCUT2D eigenvalue weighted by molar-refractivity contribution is 8.22. The molecule has 0 saturated heterocycles. The van der Waals surface area contributed by atoms with E-state index >= 15 is 0 Å². The van der Waals surface area contributed by atoms with E-state index in [4.69, 9.17) is 16.8 Å². The van der Waals surface area contributed by atoms with Gasteiger partial charge in [0, 0.05) is 28.6 Å². The zero-order valence-electron chi connectivity index (χ0n) is 17.5. The molecule has 150 valence electrons. The Bertz CT molecular complexity index is 1440. The molecule has 31 heavy (non-hydrogen) atoms. The van der Waals surface area contributed by atoms with Gasteiger partial charge in [0.1, 0.15) is 0 Å². The van der Waals surface area contributed by atoms with Gasteiger partial charge in [-0.2, -0.15) is 0 Å². The summed E-state index contributed by atoms with van der Waals surface area (Å²) in [5.74, 6) is 0. The van der Waals surface area contributed by atoms with E-state index in [1.54, 1.807) is 0 Å². The third-order valence-electron chi connectivity index (χ3n) is 6.57. The molecule has 6 rings (SSSR count). The average molecular weight is 436 g/mol. The van der Waals surface area contributed by atoms with Gasteiger partial charge in [-0.3, -0.25) is 4.98 Å². The lowest BCUT2D eigenvalue weighted by Crippen LogP contribution is -2.23. The summed E-state index contributed by atoms with van der Waals surface area (Å²) >= 11 is 6.66. The van der Waals surface area contributed by atoms with Crippen LogP contribution in [0.3, 0.4) is 0 Å². The van der Waals surface area contributed by atoms with Gasteiger partial charge in [-0.15, -0.1) is 0 Å². The Hall–Kier alpha value is -2.80. The highest BCUT2D eigenvalue weighted by Gasteiger charge is 2.35. The predicted octanol–water partition coefficient (Wildman–Crippen LogP) is 6.87. The Morgan fingerprint density at radius 3 is 1.81 bits per heavy atom. The smallest absolute Gasteiger partial charge is 0.0786 e. The van der Waals surface area contributed by atoms with Gasteiger partial charge in [-0.25, -0.2) is 0 Å². The van der Waals surface area contributed by atoms with Gasteiger partial charge in [0.2, 0.25) is 0 Å². The van der Waals surface area contributed by atoms with Crippen molar-refractivity contribution in [3.63, 3.8) is 0 Å². The van der Waals surface area contributed by atoms with Crippen molar-refractivity contribution < 1.29 is 0 Å². The maximum atomic E-state index is 6.66. The van der Waals surface area contributed by atoms with Gasteiger partial charge in [0.15, 0.2) is 0 Å². The van der Waals surface area contributed by atoms with Crippen molar-refractivity contribution in [2.45, 2.75) is 19.5 Å². The van der Waals surface area contributed by atoms with Crippen LogP contribution in [0.2, 0.25) is 0 Å². The van der Waals surface area contributed by atoms with Crippen LogP contribution in [0.15, 0.2) is 91.1 Å². The summed E-state index contributed by atoms with van der Waals surface area (Å²) < 4.78 is 0. The van der Waals surface area contributed by atoms with Crippen LogP contribution >= 0.6 is 6.04 Å². The van der Waals surface area contributed by atoms with E-state index in [-0.39, 0.29) is 0 Å². The summed E-state index contributed by atoms with van der Waals surface area (Å²) in [7, 11) is 0. The average Bonchev–Trinajstić information content (AvgIpc) is 2.92. The van der Waals surface area contributed by atoms with Gasteiger partial charge in [-0.05, 0) is 44.4 Å². The van der Waals surface area contributed by atoms with Gasteiger partial charge in [0.25, 0.3) is 0 Å². The van der Waals surface area contributed by atoms with Crippen LogP contribution < -0.4 is 10.6 Å². The van der Waals surface area contributed by atoms with Gasteiger partial charge >= 0.3 is 0 Å². The molecule has 0 aliphatic carbocycles. The van der Waals surface area contributed by atoms with E-state index in [1.165, 1.54) is 49.0 Å². The van der Waals surface area contributed by atoms with E-state index < -0.39 is 6.04 Å². The van der Waals surface area contributed by atoms with E-state index in [1.807, 2.05) is 6.20 Å².